The number of hydrogen-bond acceptors (Lipinski definition) is 2. The number of hydrogen-bond donors (Lipinski definition) is 1. The number of aryl methyl sites for hydroxylation is 1. The molecular weight excluding hydrogens is 257 g/mol. The maximum absolute atomic E-state index is 12.9. The molecule has 1 heterocycles. The van der Waals surface area contributed by atoms with Gasteiger partial charge in [0, 0.05) is 0 Å². The zero-order valence-corrected chi connectivity index (χ0v) is 10.4. The topological polar surface area (TPSA) is 42.2 Å². The van der Waals surface area contributed by atoms with Crippen LogP contribution in [0.3, 0.4) is 0 Å². The SMILES string of the molecule is Cc1cc(Cl)c(=O)n(CO)c1-c1ccc(F)cc1. The van der Waals surface area contributed by atoms with Crippen LogP contribution in [0.5, 0.6) is 0 Å². The van der Waals surface area contributed by atoms with Gasteiger partial charge in [-0.3, -0.25) is 9.36 Å². The van der Waals surface area contributed by atoms with Crippen molar-refractivity contribution in [3.05, 3.63) is 57.1 Å². The fourth-order valence-corrected chi connectivity index (χ4v) is 2.16. The van der Waals surface area contributed by atoms with Crippen molar-refractivity contribution >= 4 is 11.6 Å². The number of aliphatic hydroxyl groups excluding tert-OH is 1. The van der Waals surface area contributed by atoms with E-state index in [1.54, 1.807) is 19.1 Å². The van der Waals surface area contributed by atoms with E-state index in [2.05, 4.69) is 0 Å². The summed E-state index contributed by atoms with van der Waals surface area (Å²) in [4.78, 5) is 11.8. The summed E-state index contributed by atoms with van der Waals surface area (Å²) in [6, 6.07) is 7.24. The third kappa shape index (κ3) is 2.17. The van der Waals surface area contributed by atoms with Gasteiger partial charge in [-0.2, -0.15) is 0 Å². The van der Waals surface area contributed by atoms with E-state index in [1.165, 1.54) is 18.2 Å². The Balaban J connectivity index is 2.74. The summed E-state index contributed by atoms with van der Waals surface area (Å²) >= 11 is 5.78. The summed E-state index contributed by atoms with van der Waals surface area (Å²) in [5.41, 5.74) is 1.45. The minimum Gasteiger partial charge on any atom is -0.376 e. The second-order valence-corrected chi connectivity index (χ2v) is 4.31. The standard InChI is InChI=1S/C13H11ClFNO2/c1-8-6-11(14)13(18)16(7-17)12(8)9-2-4-10(15)5-3-9/h2-6,17H,7H2,1H3. The monoisotopic (exact) mass is 267 g/mol. The maximum atomic E-state index is 12.9. The normalized spacial score (nSPS) is 10.7. The van der Waals surface area contributed by atoms with Gasteiger partial charge in [0.2, 0.25) is 0 Å². The van der Waals surface area contributed by atoms with Gasteiger partial charge in [0.15, 0.2) is 0 Å². The summed E-state index contributed by atoms with van der Waals surface area (Å²) in [7, 11) is 0. The highest BCUT2D eigenvalue weighted by Crippen LogP contribution is 2.24. The van der Waals surface area contributed by atoms with Gasteiger partial charge in [-0.1, -0.05) is 11.6 Å². The van der Waals surface area contributed by atoms with E-state index >= 15 is 0 Å². The molecule has 1 N–H and O–H groups in total. The summed E-state index contributed by atoms with van der Waals surface area (Å²) in [6.45, 7) is 1.29. The van der Waals surface area contributed by atoms with E-state index in [9.17, 15) is 14.3 Å². The molecule has 0 aliphatic rings. The molecule has 0 saturated carbocycles. The number of aliphatic hydroxyl groups is 1. The average molecular weight is 268 g/mol. The highest BCUT2D eigenvalue weighted by Gasteiger charge is 2.12. The smallest absolute Gasteiger partial charge is 0.271 e. The molecule has 0 atom stereocenters. The Kier molecular flexibility index (Phi) is 3.50. The molecule has 0 unspecified atom stereocenters. The third-order valence-electron chi connectivity index (χ3n) is 2.70. The Morgan fingerprint density at radius 3 is 2.50 bits per heavy atom. The molecule has 94 valence electrons. The predicted octanol–water partition coefficient (Wildman–Crippen LogP) is 2.57. The van der Waals surface area contributed by atoms with Gasteiger partial charge in [-0.25, -0.2) is 4.39 Å². The van der Waals surface area contributed by atoms with E-state index in [0.717, 1.165) is 10.1 Å². The van der Waals surface area contributed by atoms with E-state index in [1.807, 2.05) is 0 Å². The van der Waals surface area contributed by atoms with Gasteiger partial charge in [-0.05, 0) is 48.4 Å². The first kappa shape index (κ1) is 12.8. The van der Waals surface area contributed by atoms with Gasteiger partial charge >= 0.3 is 0 Å². The fraction of sp³-hybridized carbons (Fsp3) is 0.154. The molecule has 3 nitrogen and oxygen atoms in total. The zero-order chi connectivity index (χ0) is 13.3. The largest absolute Gasteiger partial charge is 0.376 e. The number of nitrogens with zero attached hydrogens (tertiary/aromatic N) is 1. The van der Waals surface area contributed by atoms with Crippen LogP contribution in [0.25, 0.3) is 11.3 Å². The molecule has 0 radical (unpaired) electrons. The number of benzene rings is 1. The van der Waals surface area contributed by atoms with E-state index < -0.39 is 12.3 Å². The average Bonchev–Trinajstić information content (AvgIpc) is 2.35. The highest BCUT2D eigenvalue weighted by atomic mass is 35.5. The van der Waals surface area contributed by atoms with Crippen LogP contribution in [0.1, 0.15) is 5.56 Å². The Morgan fingerprint density at radius 2 is 1.94 bits per heavy atom. The van der Waals surface area contributed by atoms with E-state index in [-0.39, 0.29) is 10.8 Å². The van der Waals surface area contributed by atoms with Gasteiger partial charge in [0.25, 0.3) is 5.56 Å². The van der Waals surface area contributed by atoms with E-state index in [0.29, 0.717) is 11.3 Å². The van der Waals surface area contributed by atoms with Crippen LogP contribution < -0.4 is 5.56 Å². The van der Waals surface area contributed by atoms with Crippen LogP contribution in [-0.2, 0) is 6.73 Å². The first-order valence-corrected chi connectivity index (χ1v) is 5.69. The molecule has 0 bridgehead atoms. The van der Waals surface area contributed by atoms with E-state index in [4.69, 9.17) is 11.6 Å². The van der Waals surface area contributed by atoms with Crippen LogP contribution in [0.4, 0.5) is 4.39 Å². The third-order valence-corrected chi connectivity index (χ3v) is 2.97. The number of aromatic nitrogens is 1. The fourth-order valence-electron chi connectivity index (χ4n) is 1.89. The van der Waals surface area contributed by atoms with Crippen molar-refractivity contribution in [2.45, 2.75) is 13.7 Å². The second kappa shape index (κ2) is 4.92. The molecule has 0 spiro atoms. The van der Waals surface area contributed by atoms with Crippen LogP contribution in [0.15, 0.2) is 35.1 Å². The Hall–Kier alpha value is -1.65. The Labute approximate surface area is 108 Å². The molecule has 18 heavy (non-hydrogen) atoms. The van der Waals surface area contributed by atoms with Crippen molar-refractivity contribution in [1.82, 2.24) is 4.57 Å². The quantitative estimate of drug-likeness (QED) is 0.909. The van der Waals surface area contributed by atoms with Crippen molar-refractivity contribution in [3.63, 3.8) is 0 Å². The maximum Gasteiger partial charge on any atom is 0.271 e. The number of pyridine rings is 1. The molecule has 0 aliphatic heterocycles. The van der Waals surface area contributed by atoms with Crippen molar-refractivity contribution in [2.24, 2.45) is 0 Å². The summed E-state index contributed by atoms with van der Waals surface area (Å²) in [6.07, 6.45) is 0. The molecule has 0 fully saturated rings. The molecule has 2 aromatic rings. The first-order valence-electron chi connectivity index (χ1n) is 5.31. The number of rotatable bonds is 2. The summed E-state index contributed by atoms with van der Waals surface area (Å²) in [5.74, 6) is -0.358. The second-order valence-electron chi connectivity index (χ2n) is 3.91. The van der Waals surface area contributed by atoms with Gasteiger partial charge in [0.1, 0.15) is 17.6 Å². The van der Waals surface area contributed by atoms with Crippen molar-refractivity contribution in [3.8, 4) is 11.3 Å². The van der Waals surface area contributed by atoms with Gasteiger partial charge in [0.05, 0.1) is 5.69 Å². The lowest BCUT2D eigenvalue weighted by molar-refractivity contribution is 0.208. The summed E-state index contributed by atoms with van der Waals surface area (Å²) < 4.78 is 14.0. The molecule has 0 saturated heterocycles. The zero-order valence-electron chi connectivity index (χ0n) is 9.65. The molecular formula is C13H11ClFNO2. The minimum absolute atomic E-state index is 0.0485. The molecule has 1 aromatic heterocycles. The summed E-state index contributed by atoms with van der Waals surface area (Å²) in [5, 5.41) is 9.34. The van der Waals surface area contributed by atoms with Crippen LogP contribution in [-0.4, -0.2) is 9.67 Å². The van der Waals surface area contributed by atoms with Crippen LogP contribution in [0, 0.1) is 12.7 Å². The Morgan fingerprint density at radius 1 is 1.33 bits per heavy atom. The lowest BCUT2D eigenvalue weighted by Gasteiger charge is -2.14. The minimum atomic E-state index is -0.479. The number of halogens is 2. The molecule has 1 aromatic carbocycles. The lowest BCUT2D eigenvalue weighted by atomic mass is 10.1. The lowest BCUT2D eigenvalue weighted by Crippen LogP contribution is -2.23. The molecule has 2 rings (SSSR count). The molecule has 0 amide bonds. The van der Waals surface area contributed by atoms with Crippen molar-refractivity contribution < 1.29 is 9.50 Å². The molecule has 5 heteroatoms. The van der Waals surface area contributed by atoms with Crippen molar-refractivity contribution in [1.29, 1.82) is 0 Å². The Bertz CT molecular complexity index is 635. The van der Waals surface area contributed by atoms with Crippen molar-refractivity contribution in [2.75, 3.05) is 0 Å². The van der Waals surface area contributed by atoms with Gasteiger partial charge in [-0.15, -0.1) is 0 Å². The predicted molar refractivity (Wildman–Crippen MR) is 68.1 cm³/mol. The highest BCUT2D eigenvalue weighted by molar-refractivity contribution is 6.30. The van der Waals surface area contributed by atoms with Gasteiger partial charge < -0.3 is 5.11 Å². The van der Waals surface area contributed by atoms with Crippen LogP contribution in [0.2, 0.25) is 5.02 Å². The first-order chi connectivity index (χ1) is 8.54. The van der Waals surface area contributed by atoms with Crippen LogP contribution >= 0.6 is 11.6 Å². The molecule has 0 aliphatic carbocycles.